The largest absolute Gasteiger partial charge is 0.508 e. The summed E-state index contributed by atoms with van der Waals surface area (Å²) in [5, 5.41) is 56.0. The summed E-state index contributed by atoms with van der Waals surface area (Å²) < 4.78 is 0. The molecule has 728 valence electrons. The number of likely N-dealkylation sites (N-methyl/N-ethyl adjacent to an activating group) is 3. The van der Waals surface area contributed by atoms with Crippen LogP contribution in [0.2, 0.25) is 0 Å². The van der Waals surface area contributed by atoms with Crippen LogP contribution in [0.25, 0.3) is 21.8 Å². The maximum Gasteiger partial charge on any atom is 0.303 e. The van der Waals surface area contributed by atoms with Gasteiger partial charge in [0.15, 0.2) is 5.78 Å². The van der Waals surface area contributed by atoms with E-state index in [0.717, 1.165) is 26.5 Å². The van der Waals surface area contributed by atoms with E-state index >= 15 is 28.8 Å². The number of H-pyrrole nitrogens is 3. The SMILES string of the molecule is CCCC[C@H]1C(=O)N(C)[C@@H](CCCC)C(=O)N[C@@H](CC(C)C)C(=O)N[C@H](C(=O)NCC(N)=O)CSCC(=O)N[C@@H](Cc2ccc(O)cc2)C(=O)N(C)[C@@H](C)C(=O)N[C@@H](CC(N)=O)C(=O)N2CCC[C@H]2C(=O)N[C@@H](Cc2cnc[nH]2)C(=O)N[C@@H](CCC(=O)O)C(=O)N(CCO)CC(=O)C[C@@H](Cc2c[nH]c3ccccc23)C(=O)N[C@@H](CCN)C(=O)N[C@@H](Cc2c[nH]c3ccccc23)C(=O)N1C. The summed E-state index contributed by atoms with van der Waals surface area (Å²) in [5.41, 5.74) is 20.4. The minimum Gasteiger partial charge on any atom is -0.508 e. The zero-order valence-corrected chi connectivity index (χ0v) is 77.5. The second kappa shape index (κ2) is 51.6. The molecule has 21 N–H and O–H groups in total. The van der Waals surface area contributed by atoms with Crippen molar-refractivity contribution >= 4 is 140 Å². The summed E-state index contributed by atoms with van der Waals surface area (Å²) in [5.74, 6) is -20.0. The van der Waals surface area contributed by atoms with E-state index in [1.807, 2.05) is 13.8 Å². The highest BCUT2D eigenvalue weighted by atomic mass is 32.2. The molecule has 3 aromatic carbocycles. The summed E-state index contributed by atoms with van der Waals surface area (Å²) in [6.45, 7) is 5.15. The number of phenolic OH excluding ortho intramolecular Hbond substituents is 1. The number of imidazole rings is 1. The Morgan fingerprint density at radius 3 is 1.76 bits per heavy atom. The number of aliphatic hydroxyl groups is 1. The van der Waals surface area contributed by atoms with Crippen molar-refractivity contribution in [3.63, 3.8) is 0 Å². The molecule has 2 aliphatic rings. The van der Waals surface area contributed by atoms with Crippen LogP contribution in [0.3, 0.4) is 0 Å². The Kier molecular flexibility index (Phi) is 40.9. The van der Waals surface area contributed by atoms with E-state index in [0.29, 0.717) is 64.2 Å². The number of fused-ring (bicyclic) bond motifs is 3. The summed E-state index contributed by atoms with van der Waals surface area (Å²) in [7, 11) is 3.97. The number of aromatic amines is 3. The van der Waals surface area contributed by atoms with E-state index < -0.39 is 255 Å². The molecule has 3 aromatic heterocycles. The molecule has 0 saturated carbocycles. The van der Waals surface area contributed by atoms with Gasteiger partial charge in [0.2, 0.25) is 94.5 Å². The number of aromatic nitrogens is 4. The topological polar surface area (TPSA) is 631 Å². The lowest BCUT2D eigenvalue weighted by Crippen LogP contribution is -2.60. The number of phenols is 1. The molecule has 5 heterocycles. The van der Waals surface area contributed by atoms with Gasteiger partial charge < -0.3 is 120 Å². The first-order valence-electron chi connectivity index (χ1n) is 45.0. The molecule has 134 heavy (non-hydrogen) atoms. The molecule has 0 spiro atoms. The number of ketones is 1. The number of Topliss-reactive ketones (excluding diaryl/α,β-unsaturated/α-hetero) is 1. The number of aliphatic carboxylic acids is 1. The number of nitrogens with one attached hydrogen (secondary N) is 12. The van der Waals surface area contributed by atoms with E-state index in [1.165, 1.54) is 74.7 Å². The lowest BCUT2D eigenvalue weighted by Gasteiger charge is -2.36. The highest BCUT2D eigenvalue weighted by Crippen LogP contribution is 2.28. The van der Waals surface area contributed by atoms with Gasteiger partial charge in [0.05, 0.1) is 38.2 Å². The molecule has 2 saturated heterocycles. The number of primary amides is 2. The minimum absolute atomic E-state index is 0.0292. The van der Waals surface area contributed by atoms with Crippen LogP contribution in [-0.2, 0) is 112 Å². The number of carbonyl (C=O) groups excluding carboxylic acids is 17. The number of hydrogen-bond acceptors (Lipinski definition) is 23. The third kappa shape index (κ3) is 30.6. The number of nitrogens with two attached hydrogens (primary N) is 3. The number of benzene rings is 3. The second-order valence-corrected chi connectivity index (χ2v) is 35.3. The average molecular weight is 1880 g/mol. The van der Waals surface area contributed by atoms with Gasteiger partial charge in [-0.05, 0) is 112 Å². The van der Waals surface area contributed by atoms with Crippen LogP contribution < -0.4 is 65.1 Å². The Labute approximate surface area is 779 Å². The van der Waals surface area contributed by atoms with Crippen LogP contribution in [0.5, 0.6) is 5.75 Å². The molecule has 13 atom stereocenters. The lowest BCUT2D eigenvalue weighted by molar-refractivity contribution is -0.149. The van der Waals surface area contributed by atoms with Crippen molar-refractivity contribution in [2.24, 2.45) is 29.0 Å². The molecule has 0 aliphatic carbocycles. The first kappa shape index (κ1) is 106. The van der Waals surface area contributed by atoms with Gasteiger partial charge in [-0.3, -0.25) is 86.3 Å². The van der Waals surface area contributed by atoms with Crippen molar-refractivity contribution in [3.8, 4) is 5.75 Å². The molecule has 2 aliphatic heterocycles. The van der Waals surface area contributed by atoms with E-state index in [4.69, 9.17) is 17.2 Å². The number of aromatic hydroxyl groups is 1. The van der Waals surface area contributed by atoms with Crippen LogP contribution in [0.1, 0.15) is 147 Å². The van der Waals surface area contributed by atoms with Crippen LogP contribution >= 0.6 is 11.8 Å². The zero-order valence-electron chi connectivity index (χ0n) is 76.7. The quantitative estimate of drug-likeness (QED) is 0.0279. The molecular weight excluding hydrogens is 1760 g/mol. The molecule has 0 unspecified atom stereocenters. The van der Waals surface area contributed by atoms with E-state index in [9.17, 15) is 72.9 Å². The molecular formula is C91H127N21O21S. The summed E-state index contributed by atoms with van der Waals surface area (Å²) in [4.78, 5) is 280. The highest BCUT2D eigenvalue weighted by molar-refractivity contribution is 8.00. The number of rotatable bonds is 28. The number of carboxylic acids is 1. The Bertz CT molecular complexity index is 5120. The Hall–Kier alpha value is -13.3. The number of aliphatic hydroxyl groups excluding tert-OH is 1. The van der Waals surface area contributed by atoms with Crippen LogP contribution in [-0.4, -0.2) is 311 Å². The number of para-hydroxylation sites is 2. The van der Waals surface area contributed by atoms with Crippen LogP contribution in [0.15, 0.2) is 97.7 Å². The number of thioether (sulfide) groups is 1. The second-order valence-electron chi connectivity index (χ2n) is 34.3. The monoisotopic (exact) mass is 1880 g/mol. The fourth-order valence-corrected chi connectivity index (χ4v) is 17.1. The van der Waals surface area contributed by atoms with E-state index in [-0.39, 0.29) is 88.2 Å². The molecule has 8 rings (SSSR count). The smallest absolute Gasteiger partial charge is 0.303 e. The van der Waals surface area contributed by atoms with Crippen LogP contribution in [0, 0.1) is 11.8 Å². The fourth-order valence-electron chi connectivity index (χ4n) is 16.3. The zero-order chi connectivity index (χ0) is 98.2. The van der Waals surface area contributed by atoms with Gasteiger partial charge in [-0.15, -0.1) is 11.8 Å². The number of unbranched alkanes of at least 4 members (excludes halogenated alkanes) is 2. The Morgan fingerprint density at radius 1 is 0.582 bits per heavy atom. The molecule has 0 radical (unpaired) electrons. The number of nitrogens with zero attached hydrogens (tertiary/aromatic N) is 6. The number of amides is 16. The van der Waals surface area contributed by atoms with Gasteiger partial charge in [-0.25, -0.2) is 4.98 Å². The molecule has 43 heteroatoms. The predicted octanol–water partition coefficient (Wildman–Crippen LogP) is -1.02. The Morgan fingerprint density at radius 2 is 1.16 bits per heavy atom. The van der Waals surface area contributed by atoms with Crippen LogP contribution in [0.4, 0.5) is 0 Å². The number of hydrogen-bond donors (Lipinski definition) is 18. The normalized spacial score (nSPS) is 23.4. The number of carboxylic acid groups (broad SMARTS) is 1. The van der Waals surface area contributed by atoms with Gasteiger partial charge >= 0.3 is 5.97 Å². The third-order valence-electron chi connectivity index (χ3n) is 23.7. The van der Waals surface area contributed by atoms with Gasteiger partial charge in [0, 0.05) is 124 Å². The summed E-state index contributed by atoms with van der Waals surface area (Å²) >= 11 is 0.788. The van der Waals surface area contributed by atoms with Crippen molar-refractivity contribution in [2.45, 2.75) is 223 Å². The molecule has 0 bridgehead atoms. The van der Waals surface area contributed by atoms with Crippen molar-refractivity contribution < 1.29 is 102 Å². The van der Waals surface area contributed by atoms with Crippen molar-refractivity contribution in [2.75, 3.05) is 72.0 Å². The molecule has 16 amide bonds. The van der Waals surface area contributed by atoms with Crippen molar-refractivity contribution in [1.29, 1.82) is 0 Å². The number of carbonyl (C=O) groups is 18. The van der Waals surface area contributed by atoms with E-state index in [1.54, 1.807) is 74.8 Å². The predicted molar refractivity (Wildman–Crippen MR) is 493 cm³/mol. The first-order valence-corrected chi connectivity index (χ1v) is 46.1. The minimum atomic E-state index is -1.82. The molecule has 2 fully saturated rings. The fraction of sp³-hybridized carbons (Fsp3) is 0.527. The van der Waals surface area contributed by atoms with Gasteiger partial charge in [0.25, 0.3) is 0 Å². The summed E-state index contributed by atoms with van der Waals surface area (Å²) in [6, 6.07) is 1.28. The Balaban J connectivity index is 1.20. The van der Waals surface area contributed by atoms with Gasteiger partial charge in [0.1, 0.15) is 78.3 Å². The molecule has 6 aromatic rings. The number of β-amino-alcohol motifs (C(OH)–C–C–N with tert-alkyl or cyclic N) is 1. The lowest BCUT2D eigenvalue weighted by atomic mass is 9.92. The first-order chi connectivity index (χ1) is 63.8. The van der Waals surface area contributed by atoms with Crippen molar-refractivity contribution in [1.82, 2.24) is 92.3 Å². The van der Waals surface area contributed by atoms with Gasteiger partial charge in [-0.2, -0.15) is 0 Å². The van der Waals surface area contributed by atoms with E-state index in [2.05, 4.69) is 67.8 Å². The standard InChI is InChI=1S/C91H127N21O21S/c1-9-11-22-72-85(127)103-66(36-51(3)4)83(125)107-71(81(123)98-46-76(94)117)48-134-49-77(118)100-68(37-53-25-27-58(114)28-26-53)87(129)108(6)52(5)79(121)105-70(42-75(93)116)90(132)112-33-17-24-73(112)86(128)104-67(41-57-45-95-50-99-57)84(126)102-65(29-30-78(119)120)89(131)111(34-35-113)47-59(115)39-54(38-55-43-96-62-20-15-13-18-60(55)62)80(122)101-64(31-32-92)82(124)106-69(40-56-44-97-63-21-16-14-19-61(56)63)88(130)110(8)74(23-12-10-2)91(133)109(72)7/h13-16,18-21,25-28,43-45,50-52,54,64-74,96-97,113-114H,9-12,17,22-24,29-42,46-49,92H2,1-8H3,(H2,93,116)(H2,94,117)(H,95,99)(H,98,123)(H,100,118)(H,101,122)(H,102,126)(H,103,127)(H,104,128)(H,105,121)(H,106,124)(H,107,125)(H,119,120)/t52-,54+,64-,65-,66-,67-,68-,69-,70-,71-,72-,73-,74-/m0/s1. The maximum atomic E-state index is 15.8. The summed E-state index contributed by atoms with van der Waals surface area (Å²) in [6.07, 6.45) is 3.45. The highest BCUT2D eigenvalue weighted by Gasteiger charge is 2.44. The van der Waals surface area contributed by atoms with Crippen molar-refractivity contribution in [3.05, 3.63) is 120 Å². The average Bonchev–Trinajstić information content (AvgIpc) is 1.27. The molecule has 42 nitrogen and oxygen atoms in total. The maximum absolute atomic E-state index is 15.8. The van der Waals surface area contributed by atoms with Gasteiger partial charge in [-0.1, -0.05) is 102 Å². The third-order valence-corrected chi connectivity index (χ3v) is 24.7.